The van der Waals surface area contributed by atoms with E-state index in [9.17, 15) is 18.0 Å². The summed E-state index contributed by atoms with van der Waals surface area (Å²) in [5.41, 5.74) is -0.369. The molecular formula is C10H6F3NO2. The Hall–Kier alpha value is -2.03. The number of nitrogens with zero attached hydrogens (tertiary/aromatic N) is 1. The van der Waals surface area contributed by atoms with Gasteiger partial charge in [0.2, 0.25) is 0 Å². The van der Waals surface area contributed by atoms with Gasteiger partial charge >= 0.3 is 6.61 Å². The van der Waals surface area contributed by atoms with E-state index in [-0.39, 0.29) is 11.1 Å². The zero-order valence-electron chi connectivity index (χ0n) is 8.13. The van der Waals surface area contributed by atoms with Gasteiger partial charge < -0.3 is 4.74 Å². The first-order valence-electron chi connectivity index (χ1n) is 4.15. The lowest BCUT2D eigenvalue weighted by atomic mass is 10.0. The van der Waals surface area contributed by atoms with Crippen LogP contribution < -0.4 is 4.74 Å². The zero-order valence-corrected chi connectivity index (χ0v) is 8.13. The lowest BCUT2D eigenvalue weighted by Gasteiger charge is -2.07. The molecule has 0 N–H and O–H groups in total. The van der Waals surface area contributed by atoms with Gasteiger partial charge in [0.05, 0.1) is 5.56 Å². The maximum absolute atomic E-state index is 13.2. The number of rotatable bonds is 3. The standard InChI is InChI=1S/C10H6F3NO2/c1-5(15)7-3-8(11)9(16-10(12)13)2-6(7)4-14/h2-3,10H,1H3. The molecule has 6 heteroatoms. The summed E-state index contributed by atoms with van der Waals surface area (Å²) in [6.07, 6.45) is 0. The molecule has 0 bridgehead atoms. The number of carbonyl (C=O) groups excluding carboxylic acids is 1. The summed E-state index contributed by atoms with van der Waals surface area (Å²) >= 11 is 0. The second kappa shape index (κ2) is 4.66. The maximum atomic E-state index is 13.2. The van der Waals surface area contributed by atoms with Crippen molar-refractivity contribution in [1.29, 1.82) is 5.26 Å². The van der Waals surface area contributed by atoms with Gasteiger partial charge in [0.25, 0.3) is 0 Å². The van der Waals surface area contributed by atoms with Crippen molar-refractivity contribution in [2.75, 3.05) is 0 Å². The van der Waals surface area contributed by atoms with Crippen molar-refractivity contribution < 1.29 is 22.7 Å². The van der Waals surface area contributed by atoms with Gasteiger partial charge in [-0.05, 0) is 13.0 Å². The first-order chi connectivity index (χ1) is 7.45. The highest BCUT2D eigenvalue weighted by Crippen LogP contribution is 2.24. The minimum atomic E-state index is -3.19. The van der Waals surface area contributed by atoms with Gasteiger partial charge in [-0.2, -0.15) is 14.0 Å². The lowest BCUT2D eigenvalue weighted by Crippen LogP contribution is -2.06. The van der Waals surface area contributed by atoms with Crippen LogP contribution in [-0.4, -0.2) is 12.4 Å². The number of Topliss-reactive ketones (excluding diaryl/α,β-unsaturated/α-hetero) is 1. The van der Waals surface area contributed by atoms with E-state index in [2.05, 4.69) is 4.74 Å². The molecule has 0 unspecified atom stereocenters. The number of ether oxygens (including phenoxy) is 1. The molecule has 0 saturated heterocycles. The fourth-order valence-corrected chi connectivity index (χ4v) is 1.12. The normalized spacial score (nSPS) is 10.0. The van der Waals surface area contributed by atoms with Crippen molar-refractivity contribution in [1.82, 2.24) is 0 Å². The molecule has 1 aromatic carbocycles. The Balaban J connectivity index is 3.27. The van der Waals surface area contributed by atoms with Crippen molar-refractivity contribution in [2.45, 2.75) is 13.5 Å². The molecule has 3 nitrogen and oxygen atoms in total. The second-order valence-corrected chi connectivity index (χ2v) is 2.87. The number of benzene rings is 1. The van der Waals surface area contributed by atoms with E-state index in [1.807, 2.05) is 0 Å². The summed E-state index contributed by atoms with van der Waals surface area (Å²) in [7, 11) is 0. The highest BCUT2D eigenvalue weighted by Gasteiger charge is 2.16. The molecule has 0 fully saturated rings. The monoisotopic (exact) mass is 229 g/mol. The van der Waals surface area contributed by atoms with Crippen molar-refractivity contribution >= 4 is 5.78 Å². The van der Waals surface area contributed by atoms with E-state index in [1.165, 1.54) is 0 Å². The van der Waals surface area contributed by atoms with Crippen LogP contribution in [0.4, 0.5) is 13.2 Å². The molecule has 0 aliphatic carbocycles. The average Bonchev–Trinajstić information content (AvgIpc) is 2.19. The summed E-state index contributed by atoms with van der Waals surface area (Å²) in [6.45, 7) is -2.05. The molecule has 84 valence electrons. The lowest BCUT2D eigenvalue weighted by molar-refractivity contribution is -0.0522. The Morgan fingerprint density at radius 2 is 2.12 bits per heavy atom. The van der Waals surface area contributed by atoms with Gasteiger partial charge in [0.1, 0.15) is 6.07 Å². The van der Waals surface area contributed by atoms with E-state index in [0.717, 1.165) is 13.0 Å². The molecule has 0 atom stereocenters. The minimum Gasteiger partial charge on any atom is -0.432 e. The fraction of sp³-hybridized carbons (Fsp3) is 0.200. The van der Waals surface area contributed by atoms with E-state index in [4.69, 9.17) is 5.26 Å². The molecule has 0 amide bonds. The van der Waals surface area contributed by atoms with Crippen molar-refractivity contribution in [3.8, 4) is 11.8 Å². The number of nitriles is 1. The molecule has 0 spiro atoms. The van der Waals surface area contributed by atoms with Gasteiger partial charge in [0, 0.05) is 11.6 Å². The SMILES string of the molecule is CC(=O)c1cc(F)c(OC(F)F)cc1C#N. The Morgan fingerprint density at radius 3 is 2.56 bits per heavy atom. The maximum Gasteiger partial charge on any atom is 0.387 e. The van der Waals surface area contributed by atoms with Crippen LogP contribution in [0, 0.1) is 17.1 Å². The average molecular weight is 229 g/mol. The topological polar surface area (TPSA) is 50.1 Å². The number of alkyl halides is 2. The van der Waals surface area contributed by atoms with E-state index >= 15 is 0 Å². The summed E-state index contributed by atoms with van der Waals surface area (Å²) in [4.78, 5) is 11.0. The predicted molar refractivity (Wildman–Crippen MR) is 47.8 cm³/mol. The molecule has 1 aromatic rings. The number of ketones is 1. The smallest absolute Gasteiger partial charge is 0.387 e. The van der Waals surface area contributed by atoms with Crippen molar-refractivity contribution in [3.63, 3.8) is 0 Å². The highest BCUT2D eigenvalue weighted by atomic mass is 19.3. The molecule has 0 aliphatic rings. The van der Waals surface area contributed by atoms with Crippen LogP contribution in [0.5, 0.6) is 5.75 Å². The van der Waals surface area contributed by atoms with Crippen molar-refractivity contribution in [2.24, 2.45) is 0 Å². The summed E-state index contributed by atoms with van der Waals surface area (Å²) < 4.78 is 40.7. The molecule has 0 aliphatic heterocycles. The number of carbonyl (C=O) groups is 1. The third-order valence-corrected chi connectivity index (χ3v) is 1.79. The van der Waals surface area contributed by atoms with Crippen LogP contribution in [-0.2, 0) is 0 Å². The van der Waals surface area contributed by atoms with Crippen LogP contribution in [0.1, 0.15) is 22.8 Å². The minimum absolute atomic E-state index is 0.165. The Morgan fingerprint density at radius 1 is 1.50 bits per heavy atom. The van der Waals surface area contributed by atoms with E-state index < -0.39 is 24.0 Å². The number of halogens is 3. The van der Waals surface area contributed by atoms with E-state index in [0.29, 0.717) is 6.07 Å². The van der Waals surface area contributed by atoms with Gasteiger partial charge in [0.15, 0.2) is 17.3 Å². The highest BCUT2D eigenvalue weighted by molar-refractivity contribution is 5.96. The molecule has 16 heavy (non-hydrogen) atoms. The van der Waals surface area contributed by atoms with Crippen molar-refractivity contribution in [3.05, 3.63) is 29.1 Å². The van der Waals surface area contributed by atoms with Gasteiger partial charge in [-0.3, -0.25) is 4.79 Å². The van der Waals surface area contributed by atoms with Gasteiger partial charge in [-0.25, -0.2) is 4.39 Å². The first-order valence-corrected chi connectivity index (χ1v) is 4.15. The number of hydrogen-bond acceptors (Lipinski definition) is 3. The van der Waals surface area contributed by atoms with Crippen LogP contribution in [0.3, 0.4) is 0 Å². The molecular weight excluding hydrogens is 223 g/mol. The fourth-order valence-electron chi connectivity index (χ4n) is 1.12. The zero-order chi connectivity index (χ0) is 12.3. The van der Waals surface area contributed by atoms with Gasteiger partial charge in [-0.15, -0.1) is 0 Å². The van der Waals surface area contributed by atoms with Gasteiger partial charge in [-0.1, -0.05) is 0 Å². The summed E-state index contributed by atoms with van der Waals surface area (Å²) in [6, 6.07) is 3.09. The van der Waals surface area contributed by atoms with Crippen LogP contribution in [0.2, 0.25) is 0 Å². The van der Waals surface area contributed by atoms with E-state index in [1.54, 1.807) is 6.07 Å². The predicted octanol–water partition coefficient (Wildman–Crippen LogP) is 2.50. The largest absolute Gasteiger partial charge is 0.432 e. The Labute approximate surface area is 89.1 Å². The molecule has 1 rings (SSSR count). The summed E-state index contributed by atoms with van der Waals surface area (Å²) in [5, 5.41) is 8.65. The van der Waals surface area contributed by atoms with Crippen LogP contribution in [0.15, 0.2) is 12.1 Å². The molecule has 0 heterocycles. The Bertz CT molecular complexity index is 466. The van der Waals surface area contributed by atoms with Crippen LogP contribution >= 0.6 is 0 Å². The Kier molecular flexibility index (Phi) is 3.51. The molecule has 0 saturated carbocycles. The third-order valence-electron chi connectivity index (χ3n) is 1.79. The first kappa shape index (κ1) is 12.0. The quantitative estimate of drug-likeness (QED) is 0.748. The third kappa shape index (κ3) is 2.51. The molecule has 0 aromatic heterocycles. The second-order valence-electron chi connectivity index (χ2n) is 2.87. The van der Waals surface area contributed by atoms with Crippen LogP contribution in [0.25, 0.3) is 0 Å². The summed E-state index contributed by atoms with van der Waals surface area (Å²) in [5.74, 6) is -2.39. The molecule has 0 radical (unpaired) electrons. The number of hydrogen-bond donors (Lipinski definition) is 0.